The number of carbonyl (C=O) groups excluding carboxylic acids is 1. The van der Waals surface area contributed by atoms with Crippen LogP contribution in [0.1, 0.15) is 20.8 Å². The first kappa shape index (κ1) is 14.4. The maximum Gasteiger partial charge on any atom is 0.219 e. The lowest BCUT2D eigenvalue weighted by Crippen LogP contribution is -2.50. The summed E-state index contributed by atoms with van der Waals surface area (Å²) in [6.07, 6.45) is 0. The van der Waals surface area contributed by atoms with Crippen LogP contribution in [0.3, 0.4) is 0 Å². The van der Waals surface area contributed by atoms with Crippen LogP contribution in [0.25, 0.3) is 0 Å². The van der Waals surface area contributed by atoms with E-state index in [1.165, 1.54) is 0 Å². The summed E-state index contributed by atoms with van der Waals surface area (Å²) in [5.41, 5.74) is 0. The third kappa shape index (κ3) is 6.00. The highest BCUT2D eigenvalue weighted by molar-refractivity contribution is 5.73. The van der Waals surface area contributed by atoms with Gasteiger partial charge in [-0.15, -0.1) is 0 Å². The van der Waals surface area contributed by atoms with Crippen LogP contribution in [0.5, 0.6) is 0 Å². The van der Waals surface area contributed by atoms with Crippen LogP contribution in [0, 0.1) is 0 Å². The van der Waals surface area contributed by atoms with Gasteiger partial charge in [-0.2, -0.15) is 0 Å². The Balaban J connectivity index is 0.000000181. The zero-order valence-electron chi connectivity index (χ0n) is 11.3. The summed E-state index contributed by atoms with van der Waals surface area (Å²) in [5.74, 6) is 0.188. The standard InChI is InChI=1S/C7H14N2O.C5H12N2/c1-6-5-9(7(2)10)4-3-8-6;1-5-4-6-2-3-7-5/h6,8H,3-5H2,1-2H3;5-7H,2-4H2,1H3/t6-;5-/m00/s1. The molecule has 5 nitrogen and oxygen atoms in total. The van der Waals surface area contributed by atoms with Crippen LogP contribution in [-0.4, -0.2) is 62.2 Å². The number of rotatable bonds is 0. The molecule has 2 fully saturated rings. The molecular formula is C12H26N4O. The fourth-order valence-corrected chi connectivity index (χ4v) is 2.02. The number of nitrogens with one attached hydrogen (secondary N) is 3. The third-order valence-corrected chi connectivity index (χ3v) is 3.06. The van der Waals surface area contributed by atoms with Gasteiger partial charge in [0, 0.05) is 58.3 Å². The zero-order valence-corrected chi connectivity index (χ0v) is 11.3. The highest BCUT2D eigenvalue weighted by Crippen LogP contribution is 1.97. The summed E-state index contributed by atoms with van der Waals surface area (Å²) in [4.78, 5) is 12.7. The van der Waals surface area contributed by atoms with E-state index in [-0.39, 0.29) is 5.91 Å². The average molecular weight is 242 g/mol. The number of nitrogens with zero attached hydrogens (tertiary/aromatic N) is 1. The molecule has 0 aliphatic carbocycles. The first-order chi connectivity index (χ1) is 8.09. The Morgan fingerprint density at radius 1 is 1.12 bits per heavy atom. The van der Waals surface area contributed by atoms with Gasteiger partial charge < -0.3 is 20.9 Å². The lowest BCUT2D eigenvalue weighted by Gasteiger charge is -2.30. The van der Waals surface area contributed by atoms with E-state index < -0.39 is 0 Å². The molecule has 0 saturated carbocycles. The normalized spacial score (nSPS) is 29.2. The number of carbonyl (C=O) groups is 1. The Morgan fingerprint density at radius 3 is 2.18 bits per heavy atom. The Bertz CT molecular complexity index is 229. The van der Waals surface area contributed by atoms with Gasteiger partial charge >= 0.3 is 0 Å². The Morgan fingerprint density at radius 2 is 1.82 bits per heavy atom. The monoisotopic (exact) mass is 242 g/mol. The molecule has 17 heavy (non-hydrogen) atoms. The maximum atomic E-state index is 10.8. The van der Waals surface area contributed by atoms with Crippen LogP contribution in [0.4, 0.5) is 0 Å². The number of hydrogen-bond donors (Lipinski definition) is 3. The molecule has 0 unspecified atom stereocenters. The third-order valence-electron chi connectivity index (χ3n) is 3.06. The SMILES string of the molecule is CC(=O)N1CCN[C@@H](C)C1.C[C@H]1CNCCN1. The van der Waals surface area contributed by atoms with Crippen molar-refractivity contribution in [3.63, 3.8) is 0 Å². The quantitative estimate of drug-likeness (QED) is 0.531. The molecule has 0 aromatic rings. The molecule has 0 bridgehead atoms. The molecular weight excluding hydrogens is 216 g/mol. The average Bonchev–Trinajstić information content (AvgIpc) is 2.31. The minimum atomic E-state index is 0.188. The van der Waals surface area contributed by atoms with Crippen molar-refractivity contribution in [2.45, 2.75) is 32.9 Å². The molecule has 2 rings (SSSR count). The van der Waals surface area contributed by atoms with E-state index in [0.717, 1.165) is 39.3 Å². The van der Waals surface area contributed by atoms with Gasteiger partial charge in [0.2, 0.25) is 5.91 Å². The highest BCUT2D eigenvalue weighted by Gasteiger charge is 2.16. The van der Waals surface area contributed by atoms with Gasteiger partial charge in [0.1, 0.15) is 0 Å². The number of amides is 1. The summed E-state index contributed by atoms with van der Waals surface area (Å²) < 4.78 is 0. The number of piperazine rings is 2. The molecule has 100 valence electrons. The van der Waals surface area contributed by atoms with E-state index in [9.17, 15) is 4.79 Å². The van der Waals surface area contributed by atoms with Crippen LogP contribution in [-0.2, 0) is 4.79 Å². The van der Waals surface area contributed by atoms with Crippen molar-refractivity contribution in [3.05, 3.63) is 0 Å². The van der Waals surface area contributed by atoms with Crippen molar-refractivity contribution >= 4 is 5.91 Å². The molecule has 0 aromatic carbocycles. The lowest BCUT2D eigenvalue weighted by atomic mass is 10.2. The first-order valence-electron chi connectivity index (χ1n) is 6.52. The molecule has 0 spiro atoms. The van der Waals surface area contributed by atoms with Crippen molar-refractivity contribution in [2.24, 2.45) is 0 Å². The summed E-state index contributed by atoms with van der Waals surface area (Å²) in [5, 5.41) is 9.86. The minimum Gasteiger partial charge on any atom is -0.340 e. The fourth-order valence-electron chi connectivity index (χ4n) is 2.02. The Kier molecular flexibility index (Phi) is 6.47. The summed E-state index contributed by atoms with van der Waals surface area (Å²) in [7, 11) is 0. The van der Waals surface area contributed by atoms with E-state index in [0.29, 0.717) is 12.1 Å². The van der Waals surface area contributed by atoms with Gasteiger partial charge in [-0.3, -0.25) is 4.79 Å². The van der Waals surface area contributed by atoms with Gasteiger partial charge in [0.15, 0.2) is 0 Å². The minimum absolute atomic E-state index is 0.188. The lowest BCUT2D eigenvalue weighted by molar-refractivity contribution is -0.129. The molecule has 0 aromatic heterocycles. The second-order valence-corrected chi connectivity index (χ2v) is 4.88. The molecule has 3 N–H and O–H groups in total. The molecule has 0 radical (unpaired) electrons. The van der Waals surface area contributed by atoms with Crippen molar-refractivity contribution in [3.8, 4) is 0 Å². The number of hydrogen-bond acceptors (Lipinski definition) is 4. The molecule has 2 aliphatic heterocycles. The molecule has 2 atom stereocenters. The van der Waals surface area contributed by atoms with Gasteiger partial charge in [0.25, 0.3) is 0 Å². The van der Waals surface area contributed by atoms with Crippen LogP contribution >= 0.6 is 0 Å². The summed E-state index contributed by atoms with van der Waals surface area (Å²) >= 11 is 0. The van der Waals surface area contributed by atoms with Crippen LogP contribution < -0.4 is 16.0 Å². The predicted molar refractivity (Wildman–Crippen MR) is 70.1 cm³/mol. The van der Waals surface area contributed by atoms with Crippen molar-refractivity contribution in [1.29, 1.82) is 0 Å². The Hall–Kier alpha value is -0.650. The second kappa shape index (κ2) is 7.63. The molecule has 5 heteroatoms. The second-order valence-electron chi connectivity index (χ2n) is 4.88. The van der Waals surface area contributed by atoms with Crippen LogP contribution in [0.15, 0.2) is 0 Å². The Labute approximate surface area is 104 Å². The van der Waals surface area contributed by atoms with Gasteiger partial charge in [0.05, 0.1) is 0 Å². The molecule has 2 aliphatic rings. The highest BCUT2D eigenvalue weighted by atomic mass is 16.2. The largest absolute Gasteiger partial charge is 0.340 e. The maximum absolute atomic E-state index is 10.8. The summed E-state index contributed by atoms with van der Waals surface area (Å²) in [6, 6.07) is 1.13. The fraction of sp³-hybridized carbons (Fsp3) is 0.917. The molecule has 2 heterocycles. The van der Waals surface area contributed by atoms with Crippen LogP contribution in [0.2, 0.25) is 0 Å². The molecule has 2 saturated heterocycles. The van der Waals surface area contributed by atoms with Crippen molar-refractivity contribution in [1.82, 2.24) is 20.9 Å². The van der Waals surface area contributed by atoms with E-state index in [1.807, 2.05) is 4.90 Å². The smallest absolute Gasteiger partial charge is 0.219 e. The zero-order chi connectivity index (χ0) is 12.7. The topological polar surface area (TPSA) is 56.4 Å². The van der Waals surface area contributed by atoms with Gasteiger partial charge in [-0.05, 0) is 13.8 Å². The van der Waals surface area contributed by atoms with Gasteiger partial charge in [-0.1, -0.05) is 0 Å². The predicted octanol–water partition coefficient (Wildman–Crippen LogP) is -0.606. The van der Waals surface area contributed by atoms with E-state index in [4.69, 9.17) is 0 Å². The van der Waals surface area contributed by atoms with Crippen molar-refractivity contribution < 1.29 is 4.79 Å². The van der Waals surface area contributed by atoms with Crippen molar-refractivity contribution in [2.75, 3.05) is 39.3 Å². The first-order valence-corrected chi connectivity index (χ1v) is 6.52. The van der Waals surface area contributed by atoms with Gasteiger partial charge in [-0.25, -0.2) is 0 Å². The summed E-state index contributed by atoms with van der Waals surface area (Å²) in [6.45, 7) is 11.9. The van der Waals surface area contributed by atoms with E-state index in [2.05, 4.69) is 29.8 Å². The molecule has 1 amide bonds. The van der Waals surface area contributed by atoms with E-state index in [1.54, 1.807) is 6.92 Å². The van der Waals surface area contributed by atoms with E-state index >= 15 is 0 Å².